The molecule has 0 fully saturated rings. The SMILES string of the molecule is Cc1occc1-c1nnc(SCC(=O)N(C(C)C)C(C)C)n1C. The van der Waals surface area contributed by atoms with Crippen molar-refractivity contribution in [2.24, 2.45) is 7.05 Å². The van der Waals surface area contributed by atoms with E-state index in [4.69, 9.17) is 4.42 Å². The van der Waals surface area contributed by atoms with Crippen LogP contribution in [0.4, 0.5) is 0 Å². The van der Waals surface area contributed by atoms with E-state index in [-0.39, 0.29) is 18.0 Å². The highest BCUT2D eigenvalue weighted by Gasteiger charge is 2.21. The molecular weight excluding hydrogens is 312 g/mol. The summed E-state index contributed by atoms with van der Waals surface area (Å²) in [7, 11) is 1.90. The number of amides is 1. The highest BCUT2D eigenvalue weighted by Crippen LogP contribution is 2.26. The molecule has 2 aromatic rings. The Bertz CT molecular complexity index is 667. The van der Waals surface area contributed by atoms with Crippen LogP contribution < -0.4 is 0 Å². The molecule has 1 amide bonds. The van der Waals surface area contributed by atoms with Crippen LogP contribution in [0.3, 0.4) is 0 Å². The van der Waals surface area contributed by atoms with Crippen LogP contribution in [0.1, 0.15) is 33.5 Å². The largest absolute Gasteiger partial charge is 0.469 e. The lowest BCUT2D eigenvalue weighted by Crippen LogP contribution is -2.43. The summed E-state index contributed by atoms with van der Waals surface area (Å²) < 4.78 is 7.21. The summed E-state index contributed by atoms with van der Waals surface area (Å²) in [5, 5.41) is 9.14. The van der Waals surface area contributed by atoms with Gasteiger partial charge in [-0.3, -0.25) is 4.79 Å². The number of aromatic nitrogens is 3. The van der Waals surface area contributed by atoms with E-state index in [1.807, 2.05) is 57.2 Å². The fraction of sp³-hybridized carbons (Fsp3) is 0.562. The van der Waals surface area contributed by atoms with E-state index in [0.29, 0.717) is 5.75 Å². The Labute approximate surface area is 141 Å². The molecule has 0 aromatic carbocycles. The van der Waals surface area contributed by atoms with Crippen molar-refractivity contribution in [3.8, 4) is 11.4 Å². The third-order valence-electron chi connectivity index (χ3n) is 3.66. The monoisotopic (exact) mass is 336 g/mol. The number of furan rings is 1. The van der Waals surface area contributed by atoms with Gasteiger partial charge in [-0.05, 0) is 40.7 Å². The molecule has 0 saturated heterocycles. The van der Waals surface area contributed by atoms with E-state index in [1.54, 1.807) is 6.26 Å². The van der Waals surface area contributed by atoms with Crippen molar-refractivity contribution in [2.75, 3.05) is 5.75 Å². The molecular formula is C16H24N4O2S. The minimum Gasteiger partial charge on any atom is -0.469 e. The molecule has 0 saturated carbocycles. The Morgan fingerprint density at radius 3 is 2.48 bits per heavy atom. The zero-order chi connectivity index (χ0) is 17.1. The zero-order valence-electron chi connectivity index (χ0n) is 14.5. The van der Waals surface area contributed by atoms with E-state index < -0.39 is 0 Å². The summed E-state index contributed by atoms with van der Waals surface area (Å²) in [6.45, 7) is 10.0. The maximum absolute atomic E-state index is 12.4. The van der Waals surface area contributed by atoms with Crippen molar-refractivity contribution in [3.05, 3.63) is 18.1 Å². The maximum atomic E-state index is 12.4. The van der Waals surface area contributed by atoms with E-state index in [0.717, 1.165) is 22.3 Å². The first kappa shape index (κ1) is 17.6. The fourth-order valence-electron chi connectivity index (χ4n) is 2.67. The molecule has 0 aliphatic rings. The minimum absolute atomic E-state index is 0.115. The molecule has 0 N–H and O–H groups in total. The first-order chi connectivity index (χ1) is 10.8. The number of carbonyl (C=O) groups excluding carboxylic acids is 1. The number of hydrogen-bond acceptors (Lipinski definition) is 5. The second kappa shape index (κ2) is 7.21. The van der Waals surface area contributed by atoms with Gasteiger partial charge >= 0.3 is 0 Å². The third-order valence-corrected chi connectivity index (χ3v) is 4.67. The van der Waals surface area contributed by atoms with Gasteiger partial charge in [-0.1, -0.05) is 11.8 Å². The van der Waals surface area contributed by atoms with Crippen LogP contribution >= 0.6 is 11.8 Å². The predicted octanol–water partition coefficient (Wildman–Crippen LogP) is 3.12. The summed E-state index contributed by atoms with van der Waals surface area (Å²) in [6, 6.07) is 2.25. The average Bonchev–Trinajstić information content (AvgIpc) is 3.02. The van der Waals surface area contributed by atoms with Gasteiger partial charge in [0, 0.05) is 19.1 Å². The van der Waals surface area contributed by atoms with E-state index in [9.17, 15) is 4.79 Å². The highest BCUT2D eigenvalue weighted by atomic mass is 32.2. The molecule has 0 aliphatic carbocycles. The number of hydrogen-bond donors (Lipinski definition) is 0. The molecule has 0 spiro atoms. The van der Waals surface area contributed by atoms with Crippen LogP contribution in [0, 0.1) is 6.92 Å². The number of nitrogens with zero attached hydrogens (tertiary/aromatic N) is 4. The van der Waals surface area contributed by atoms with Gasteiger partial charge in [-0.15, -0.1) is 10.2 Å². The second-order valence-corrected chi connectivity index (χ2v) is 6.98. The Kier molecular flexibility index (Phi) is 5.51. The van der Waals surface area contributed by atoms with Gasteiger partial charge in [0.15, 0.2) is 11.0 Å². The number of aryl methyl sites for hydroxylation is 1. The van der Waals surface area contributed by atoms with Gasteiger partial charge in [0.05, 0.1) is 17.6 Å². The lowest BCUT2D eigenvalue weighted by molar-refractivity contribution is -0.131. The lowest BCUT2D eigenvalue weighted by atomic mass is 10.2. The molecule has 6 nitrogen and oxygen atoms in total. The normalized spacial score (nSPS) is 11.5. The Morgan fingerprint density at radius 2 is 1.96 bits per heavy atom. The van der Waals surface area contributed by atoms with Gasteiger partial charge in [0.25, 0.3) is 0 Å². The van der Waals surface area contributed by atoms with Gasteiger partial charge in [0.2, 0.25) is 5.91 Å². The topological polar surface area (TPSA) is 64.2 Å². The summed E-state index contributed by atoms with van der Waals surface area (Å²) in [4.78, 5) is 14.3. The van der Waals surface area contributed by atoms with Gasteiger partial charge in [0.1, 0.15) is 5.76 Å². The summed E-state index contributed by atoms with van der Waals surface area (Å²) in [6.07, 6.45) is 1.64. The minimum atomic E-state index is 0.115. The first-order valence-electron chi connectivity index (χ1n) is 7.70. The van der Waals surface area contributed by atoms with Gasteiger partial charge in [-0.2, -0.15) is 0 Å². The van der Waals surface area contributed by atoms with Crippen LogP contribution in [0.15, 0.2) is 21.9 Å². The Morgan fingerprint density at radius 1 is 1.30 bits per heavy atom. The summed E-state index contributed by atoms with van der Waals surface area (Å²) in [5.41, 5.74) is 0.921. The quantitative estimate of drug-likeness (QED) is 0.758. The molecule has 0 atom stereocenters. The van der Waals surface area contributed by atoms with Crippen molar-refractivity contribution in [1.29, 1.82) is 0 Å². The van der Waals surface area contributed by atoms with Crippen molar-refractivity contribution >= 4 is 17.7 Å². The summed E-state index contributed by atoms with van der Waals surface area (Å²) >= 11 is 1.41. The van der Waals surface area contributed by atoms with Crippen molar-refractivity contribution in [2.45, 2.75) is 51.9 Å². The molecule has 23 heavy (non-hydrogen) atoms. The standard InChI is InChI=1S/C16H24N4O2S/c1-10(2)20(11(3)4)14(21)9-23-16-18-17-15(19(16)6)13-7-8-22-12(13)5/h7-8,10-11H,9H2,1-6H3. The van der Waals surface area contributed by atoms with Gasteiger partial charge < -0.3 is 13.9 Å². The van der Waals surface area contributed by atoms with Crippen molar-refractivity contribution in [1.82, 2.24) is 19.7 Å². The number of rotatable bonds is 6. The Balaban J connectivity index is 2.09. The molecule has 0 aliphatic heterocycles. The maximum Gasteiger partial charge on any atom is 0.233 e. The van der Waals surface area contributed by atoms with E-state index in [2.05, 4.69) is 10.2 Å². The molecule has 126 valence electrons. The van der Waals surface area contributed by atoms with Gasteiger partial charge in [-0.25, -0.2) is 0 Å². The first-order valence-corrected chi connectivity index (χ1v) is 8.69. The molecule has 0 unspecified atom stereocenters. The third kappa shape index (κ3) is 3.77. The molecule has 2 rings (SSSR count). The molecule has 2 heterocycles. The predicted molar refractivity (Wildman–Crippen MR) is 91.3 cm³/mol. The number of thioether (sulfide) groups is 1. The molecule has 0 bridgehead atoms. The molecule has 2 aromatic heterocycles. The molecule has 0 radical (unpaired) electrons. The van der Waals surface area contributed by atoms with Crippen LogP contribution in [0.25, 0.3) is 11.4 Å². The van der Waals surface area contributed by atoms with Crippen LogP contribution in [-0.2, 0) is 11.8 Å². The van der Waals surface area contributed by atoms with Crippen molar-refractivity contribution in [3.63, 3.8) is 0 Å². The zero-order valence-corrected chi connectivity index (χ0v) is 15.3. The van der Waals surface area contributed by atoms with Crippen LogP contribution in [-0.4, -0.2) is 43.4 Å². The summed E-state index contributed by atoms with van der Waals surface area (Å²) in [5.74, 6) is 2.02. The molecule has 7 heteroatoms. The van der Waals surface area contributed by atoms with E-state index in [1.165, 1.54) is 11.8 Å². The smallest absolute Gasteiger partial charge is 0.233 e. The second-order valence-electron chi connectivity index (χ2n) is 6.03. The van der Waals surface area contributed by atoms with Crippen molar-refractivity contribution < 1.29 is 9.21 Å². The highest BCUT2D eigenvalue weighted by molar-refractivity contribution is 7.99. The Hall–Kier alpha value is -1.76. The lowest BCUT2D eigenvalue weighted by Gasteiger charge is -2.30. The fourth-order valence-corrected chi connectivity index (χ4v) is 3.45. The number of carbonyl (C=O) groups is 1. The average molecular weight is 336 g/mol. The van der Waals surface area contributed by atoms with Crippen LogP contribution in [0.2, 0.25) is 0 Å². The van der Waals surface area contributed by atoms with Crippen LogP contribution in [0.5, 0.6) is 0 Å². The van der Waals surface area contributed by atoms with E-state index >= 15 is 0 Å².